The van der Waals surface area contributed by atoms with Crippen LogP contribution in [0.3, 0.4) is 0 Å². The first kappa shape index (κ1) is 14.5. The lowest BCUT2D eigenvalue weighted by Gasteiger charge is -2.22. The summed E-state index contributed by atoms with van der Waals surface area (Å²) in [5.41, 5.74) is 0.679. The number of rotatable bonds is 3. The van der Waals surface area contributed by atoms with Crippen molar-refractivity contribution in [2.45, 2.75) is 6.42 Å². The third-order valence-electron chi connectivity index (χ3n) is 3.48. The van der Waals surface area contributed by atoms with E-state index in [-0.39, 0.29) is 24.0 Å². The lowest BCUT2D eigenvalue weighted by molar-refractivity contribution is -0.117. The van der Waals surface area contributed by atoms with Gasteiger partial charge < -0.3 is 14.4 Å². The van der Waals surface area contributed by atoms with Crippen molar-refractivity contribution in [3.05, 3.63) is 18.2 Å². The molecule has 21 heavy (non-hydrogen) atoms. The molecule has 6 nitrogen and oxygen atoms in total. The largest absolute Gasteiger partial charge is 0.486 e. The molecule has 114 valence electrons. The molecule has 1 unspecified atom stereocenters. The second-order valence-electron chi connectivity index (χ2n) is 5.11. The first-order chi connectivity index (χ1) is 9.92. The molecule has 1 amide bonds. The Labute approximate surface area is 127 Å². The molecule has 0 spiro atoms. The first-order valence-electron chi connectivity index (χ1n) is 6.55. The number of benzene rings is 1. The summed E-state index contributed by atoms with van der Waals surface area (Å²) in [6.45, 7) is 1.31. The van der Waals surface area contributed by atoms with Crippen molar-refractivity contribution in [1.29, 1.82) is 0 Å². The fourth-order valence-corrected chi connectivity index (χ4v) is 3.95. The van der Waals surface area contributed by atoms with E-state index >= 15 is 0 Å². The minimum Gasteiger partial charge on any atom is -0.486 e. The number of anilines is 1. The maximum absolute atomic E-state index is 12.1. The van der Waals surface area contributed by atoms with Crippen LogP contribution in [0.1, 0.15) is 6.42 Å². The third-order valence-corrected chi connectivity index (χ3v) is 4.72. The van der Waals surface area contributed by atoms with Crippen LogP contribution >= 0.6 is 10.7 Å². The molecular weight excluding hydrogens is 318 g/mol. The van der Waals surface area contributed by atoms with Gasteiger partial charge in [0.1, 0.15) is 13.2 Å². The number of hydrogen-bond donors (Lipinski definition) is 0. The molecule has 0 N–H and O–H groups in total. The summed E-state index contributed by atoms with van der Waals surface area (Å²) >= 11 is 0. The van der Waals surface area contributed by atoms with Crippen LogP contribution in [0.25, 0.3) is 0 Å². The van der Waals surface area contributed by atoms with Crippen LogP contribution in [-0.4, -0.2) is 39.8 Å². The summed E-state index contributed by atoms with van der Waals surface area (Å²) < 4.78 is 33.2. The van der Waals surface area contributed by atoms with Crippen LogP contribution in [0.4, 0.5) is 5.69 Å². The average Bonchev–Trinajstić information content (AvgIpc) is 2.76. The zero-order valence-electron chi connectivity index (χ0n) is 11.1. The summed E-state index contributed by atoms with van der Waals surface area (Å²) in [6, 6.07) is 5.26. The van der Waals surface area contributed by atoms with Crippen LogP contribution in [-0.2, 0) is 13.8 Å². The van der Waals surface area contributed by atoms with Crippen LogP contribution in [0.15, 0.2) is 18.2 Å². The van der Waals surface area contributed by atoms with Gasteiger partial charge in [0.15, 0.2) is 11.5 Å². The minimum atomic E-state index is -3.60. The van der Waals surface area contributed by atoms with Crippen molar-refractivity contribution in [2.24, 2.45) is 5.92 Å². The fraction of sp³-hybridized carbons (Fsp3) is 0.462. The van der Waals surface area contributed by atoms with Gasteiger partial charge in [-0.05, 0) is 12.1 Å². The predicted molar refractivity (Wildman–Crippen MR) is 77.5 cm³/mol. The normalized spacial score (nSPS) is 21.7. The van der Waals surface area contributed by atoms with E-state index in [2.05, 4.69) is 0 Å². The van der Waals surface area contributed by atoms with E-state index in [9.17, 15) is 13.2 Å². The van der Waals surface area contributed by atoms with Crippen molar-refractivity contribution in [3.8, 4) is 11.5 Å². The number of carbonyl (C=O) groups is 1. The van der Waals surface area contributed by atoms with Crippen LogP contribution < -0.4 is 14.4 Å². The Morgan fingerprint density at radius 3 is 2.67 bits per heavy atom. The number of fused-ring (bicyclic) bond motifs is 1. The number of amides is 1. The Balaban J connectivity index is 1.79. The Morgan fingerprint density at radius 2 is 1.95 bits per heavy atom. The number of nitrogens with zero attached hydrogens (tertiary/aromatic N) is 1. The van der Waals surface area contributed by atoms with E-state index in [1.165, 1.54) is 0 Å². The highest BCUT2D eigenvalue weighted by Gasteiger charge is 2.33. The smallest absolute Gasteiger partial charge is 0.232 e. The van der Waals surface area contributed by atoms with Crippen molar-refractivity contribution >= 4 is 31.3 Å². The van der Waals surface area contributed by atoms with Gasteiger partial charge in [-0.2, -0.15) is 0 Å². The Kier molecular flexibility index (Phi) is 3.71. The Bertz CT molecular complexity index is 675. The molecule has 8 heteroatoms. The van der Waals surface area contributed by atoms with E-state index in [1.54, 1.807) is 23.1 Å². The van der Waals surface area contributed by atoms with Gasteiger partial charge in [0.05, 0.1) is 5.75 Å². The molecule has 3 rings (SSSR count). The number of carbonyl (C=O) groups excluding carboxylic acids is 1. The van der Waals surface area contributed by atoms with Gasteiger partial charge in [-0.25, -0.2) is 8.42 Å². The highest BCUT2D eigenvalue weighted by atomic mass is 35.7. The first-order valence-corrected chi connectivity index (χ1v) is 9.02. The maximum Gasteiger partial charge on any atom is 0.232 e. The molecule has 0 saturated carbocycles. The minimum absolute atomic E-state index is 0.114. The summed E-state index contributed by atoms with van der Waals surface area (Å²) in [6.07, 6.45) is 0.181. The quantitative estimate of drug-likeness (QED) is 0.782. The topological polar surface area (TPSA) is 72.9 Å². The second-order valence-corrected chi connectivity index (χ2v) is 7.93. The SMILES string of the molecule is O=C1CC(CS(=O)(=O)Cl)CN1c1ccc2c(c1)OCCO2. The molecule has 1 atom stereocenters. The summed E-state index contributed by atoms with van der Waals surface area (Å²) in [7, 11) is 1.65. The van der Waals surface area contributed by atoms with E-state index in [1.807, 2.05) is 0 Å². The van der Waals surface area contributed by atoms with Crippen molar-refractivity contribution in [1.82, 2.24) is 0 Å². The van der Waals surface area contributed by atoms with Gasteiger partial charge >= 0.3 is 0 Å². The molecule has 1 aromatic rings. The van der Waals surface area contributed by atoms with Gasteiger partial charge in [-0.1, -0.05) is 0 Å². The van der Waals surface area contributed by atoms with Crippen molar-refractivity contribution in [2.75, 3.05) is 30.4 Å². The zero-order valence-corrected chi connectivity index (χ0v) is 12.7. The predicted octanol–water partition coefficient (Wildman–Crippen LogP) is 1.38. The van der Waals surface area contributed by atoms with Crippen molar-refractivity contribution < 1.29 is 22.7 Å². The maximum atomic E-state index is 12.1. The van der Waals surface area contributed by atoms with Gasteiger partial charge in [-0.15, -0.1) is 0 Å². The summed E-state index contributed by atoms with van der Waals surface area (Å²) in [5.74, 6) is 0.656. The second kappa shape index (κ2) is 5.38. The lowest BCUT2D eigenvalue weighted by atomic mass is 10.1. The fourth-order valence-electron chi connectivity index (χ4n) is 2.62. The van der Waals surface area contributed by atoms with E-state index in [4.69, 9.17) is 20.2 Å². The van der Waals surface area contributed by atoms with E-state index in [0.29, 0.717) is 36.9 Å². The average molecular weight is 332 g/mol. The molecule has 0 bridgehead atoms. The molecule has 2 heterocycles. The summed E-state index contributed by atoms with van der Waals surface area (Å²) in [4.78, 5) is 13.6. The number of halogens is 1. The highest BCUT2D eigenvalue weighted by molar-refractivity contribution is 8.13. The van der Waals surface area contributed by atoms with E-state index in [0.717, 1.165) is 0 Å². The molecule has 0 aliphatic carbocycles. The number of hydrogen-bond acceptors (Lipinski definition) is 5. The third kappa shape index (κ3) is 3.24. The van der Waals surface area contributed by atoms with Crippen LogP contribution in [0.5, 0.6) is 11.5 Å². The molecule has 1 fully saturated rings. The molecule has 1 saturated heterocycles. The molecular formula is C13H14ClNO5S. The van der Waals surface area contributed by atoms with Gasteiger partial charge in [0.2, 0.25) is 15.0 Å². The van der Waals surface area contributed by atoms with Crippen molar-refractivity contribution in [3.63, 3.8) is 0 Å². The molecule has 1 aromatic carbocycles. The Morgan fingerprint density at radius 1 is 1.24 bits per heavy atom. The molecule has 0 aromatic heterocycles. The zero-order chi connectivity index (χ0) is 15.0. The lowest BCUT2D eigenvalue weighted by Crippen LogP contribution is -2.25. The molecule has 2 aliphatic rings. The van der Waals surface area contributed by atoms with Gasteiger partial charge in [-0.3, -0.25) is 4.79 Å². The highest BCUT2D eigenvalue weighted by Crippen LogP contribution is 2.36. The molecule has 0 radical (unpaired) electrons. The Hall–Kier alpha value is -1.47. The molecule has 2 aliphatic heterocycles. The van der Waals surface area contributed by atoms with E-state index < -0.39 is 9.05 Å². The number of ether oxygens (including phenoxy) is 2. The van der Waals surface area contributed by atoms with Crippen LogP contribution in [0, 0.1) is 5.92 Å². The summed E-state index contributed by atoms with van der Waals surface area (Å²) in [5, 5.41) is 0. The monoisotopic (exact) mass is 331 g/mol. The standard InChI is InChI=1S/C13H14ClNO5S/c14-21(17,18)8-9-5-13(16)15(7-9)10-1-2-11-12(6-10)20-4-3-19-11/h1-2,6,9H,3-5,7-8H2. The van der Waals surface area contributed by atoms with Gasteiger partial charge in [0.25, 0.3) is 0 Å². The van der Waals surface area contributed by atoms with Gasteiger partial charge in [0, 0.05) is 41.3 Å². The van der Waals surface area contributed by atoms with Crippen LogP contribution in [0.2, 0.25) is 0 Å².